The van der Waals surface area contributed by atoms with Gasteiger partial charge in [0, 0.05) is 51.1 Å². The van der Waals surface area contributed by atoms with Gasteiger partial charge in [-0.1, -0.05) is 0 Å². The lowest BCUT2D eigenvalue weighted by molar-refractivity contribution is -0.192. The molecule has 3 aromatic rings. The summed E-state index contributed by atoms with van der Waals surface area (Å²) < 4.78 is 46.4. The maximum atomic E-state index is 14.6. The highest BCUT2D eigenvalue weighted by Crippen LogP contribution is 2.45. The molecule has 1 aliphatic heterocycles. The number of carboxylic acid groups (broad SMARTS) is 1. The van der Waals surface area contributed by atoms with Crippen LogP contribution in [0.4, 0.5) is 23.2 Å². The molecule has 0 bridgehead atoms. The van der Waals surface area contributed by atoms with E-state index < -0.39 is 12.1 Å². The molecular weight excluding hydrogens is 450 g/mol. The number of hydrogen-bond acceptors (Lipinski definition) is 4. The standard InChI is InChI=1S/C19H18FN3OS.C2HF3O2/c1-9-8-22-18(10(9)2)11-7-14(25-6-5-21)16-12(20)3-4-13-17(16)15(11)19(24)23-13;3-2(4,5)1(6)7/h3-4,7-8,22H,5-6,21H2,1-2H3,(H,23,24);(H,6,7). The van der Waals surface area contributed by atoms with Crippen LogP contribution in [0.15, 0.2) is 29.3 Å². The Labute approximate surface area is 184 Å². The van der Waals surface area contributed by atoms with E-state index in [1.54, 1.807) is 6.07 Å². The lowest BCUT2D eigenvalue weighted by Gasteiger charge is -2.13. The monoisotopic (exact) mass is 469 g/mol. The van der Waals surface area contributed by atoms with E-state index in [0.717, 1.165) is 27.3 Å². The molecule has 170 valence electrons. The van der Waals surface area contributed by atoms with Crippen molar-refractivity contribution < 1.29 is 32.3 Å². The fourth-order valence-corrected chi connectivity index (χ4v) is 4.25. The molecule has 0 spiro atoms. The minimum absolute atomic E-state index is 0.192. The molecule has 0 fully saturated rings. The Morgan fingerprint density at radius 1 is 1.22 bits per heavy atom. The lowest BCUT2D eigenvalue weighted by atomic mass is 9.95. The summed E-state index contributed by atoms with van der Waals surface area (Å²) in [6, 6.07) is 4.94. The van der Waals surface area contributed by atoms with Crippen LogP contribution < -0.4 is 11.1 Å². The smallest absolute Gasteiger partial charge is 0.475 e. The third kappa shape index (κ3) is 4.30. The van der Waals surface area contributed by atoms with Gasteiger partial charge in [0.1, 0.15) is 5.82 Å². The van der Waals surface area contributed by atoms with Crippen LogP contribution in [-0.4, -0.2) is 40.4 Å². The predicted molar refractivity (Wildman–Crippen MR) is 115 cm³/mol. The van der Waals surface area contributed by atoms with E-state index in [2.05, 4.69) is 10.3 Å². The molecule has 0 saturated heterocycles. The Hall–Kier alpha value is -3.05. The molecule has 1 aliphatic rings. The van der Waals surface area contributed by atoms with Crippen LogP contribution in [0.5, 0.6) is 0 Å². The number of carbonyl (C=O) groups is 2. The van der Waals surface area contributed by atoms with Gasteiger partial charge in [-0.25, -0.2) is 9.18 Å². The topological polar surface area (TPSA) is 108 Å². The second-order valence-corrected chi connectivity index (χ2v) is 8.14. The van der Waals surface area contributed by atoms with Crippen molar-refractivity contribution in [2.24, 2.45) is 5.73 Å². The maximum absolute atomic E-state index is 14.6. The Morgan fingerprint density at radius 2 is 1.88 bits per heavy atom. The van der Waals surface area contributed by atoms with Crippen LogP contribution in [0, 0.1) is 19.7 Å². The average Bonchev–Trinajstić information content (AvgIpc) is 3.23. The number of nitrogens with two attached hydrogens (primary N) is 1. The van der Waals surface area contributed by atoms with E-state index in [1.807, 2.05) is 26.1 Å². The zero-order chi connectivity index (χ0) is 23.8. The molecule has 1 amide bonds. The van der Waals surface area contributed by atoms with Crippen LogP contribution >= 0.6 is 11.8 Å². The van der Waals surface area contributed by atoms with Crippen LogP contribution in [0.25, 0.3) is 22.0 Å². The van der Waals surface area contributed by atoms with Gasteiger partial charge in [0.15, 0.2) is 0 Å². The fourth-order valence-electron chi connectivity index (χ4n) is 3.37. The van der Waals surface area contributed by atoms with Gasteiger partial charge in [-0.15, -0.1) is 11.8 Å². The summed E-state index contributed by atoms with van der Waals surface area (Å²) in [7, 11) is 0. The van der Waals surface area contributed by atoms with Gasteiger partial charge in [-0.3, -0.25) is 4.79 Å². The highest BCUT2D eigenvalue weighted by molar-refractivity contribution is 7.99. The summed E-state index contributed by atoms with van der Waals surface area (Å²) in [5, 5.41) is 11.1. The minimum Gasteiger partial charge on any atom is -0.475 e. The number of aromatic amines is 1. The zero-order valence-electron chi connectivity index (χ0n) is 17.0. The van der Waals surface area contributed by atoms with Crippen molar-refractivity contribution in [2.75, 3.05) is 17.6 Å². The predicted octanol–water partition coefficient (Wildman–Crippen LogP) is 4.84. The quantitative estimate of drug-likeness (QED) is 0.323. The number of thioether (sulfide) groups is 1. The van der Waals surface area contributed by atoms with Crippen LogP contribution in [0.2, 0.25) is 0 Å². The average molecular weight is 469 g/mol. The third-order valence-corrected chi connectivity index (χ3v) is 6.03. The van der Waals surface area contributed by atoms with E-state index in [-0.39, 0.29) is 11.7 Å². The Morgan fingerprint density at radius 3 is 2.41 bits per heavy atom. The van der Waals surface area contributed by atoms with Gasteiger partial charge in [-0.05, 0) is 43.2 Å². The molecule has 4 rings (SSSR count). The zero-order valence-corrected chi connectivity index (χ0v) is 17.8. The van der Waals surface area contributed by atoms with Gasteiger partial charge in [0.2, 0.25) is 0 Å². The summed E-state index contributed by atoms with van der Waals surface area (Å²) in [5.74, 6) is -2.58. The minimum atomic E-state index is -5.08. The van der Waals surface area contributed by atoms with Crippen molar-refractivity contribution in [1.82, 2.24) is 4.98 Å². The summed E-state index contributed by atoms with van der Waals surface area (Å²) in [6.45, 7) is 4.54. The molecule has 0 aliphatic carbocycles. The summed E-state index contributed by atoms with van der Waals surface area (Å²) in [6.07, 6.45) is -3.16. The number of anilines is 1. The van der Waals surface area contributed by atoms with Crippen molar-refractivity contribution in [3.05, 3.63) is 46.9 Å². The molecular formula is C21H19F4N3O3S. The number of rotatable bonds is 4. The molecule has 0 saturated carbocycles. The number of halogens is 4. The molecule has 0 radical (unpaired) electrons. The number of nitrogens with one attached hydrogen (secondary N) is 2. The number of aryl methyl sites for hydroxylation is 1. The molecule has 2 aromatic carbocycles. The fraction of sp³-hybridized carbons (Fsp3) is 0.238. The maximum Gasteiger partial charge on any atom is 0.490 e. The first-order valence-electron chi connectivity index (χ1n) is 9.35. The Kier molecular flexibility index (Phi) is 6.51. The summed E-state index contributed by atoms with van der Waals surface area (Å²) in [5.41, 5.74) is 10.7. The van der Waals surface area contributed by atoms with Gasteiger partial charge in [-0.2, -0.15) is 13.2 Å². The molecule has 0 unspecified atom stereocenters. The van der Waals surface area contributed by atoms with Gasteiger partial charge >= 0.3 is 12.1 Å². The van der Waals surface area contributed by atoms with Crippen LogP contribution in [0.3, 0.4) is 0 Å². The summed E-state index contributed by atoms with van der Waals surface area (Å²) >= 11 is 1.51. The SMILES string of the molecule is Cc1c[nH]c(-c2cc(SCCN)c3c(F)ccc4c3c2C(=O)N4)c1C.O=C(O)C(F)(F)F. The highest BCUT2D eigenvalue weighted by Gasteiger charge is 2.38. The summed E-state index contributed by atoms with van der Waals surface area (Å²) in [4.78, 5) is 25.6. The third-order valence-electron chi connectivity index (χ3n) is 4.96. The lowest BCUT2D eigenvalue weighted by Crippen LogP contribution is -2.21. The Bertz CT molecular complexity index is 1220. The van der Waals surface area contributed by atoms with E-state index in [4.69, 9.17) is 15.6 Å². The van der Waals surface area contributed by atoms with Gasteiger partial charge in [0.05, 0.1) is 5.56 Å². The highest BCUT2D eigenvalue weighted by atomic mass is 32.2. The molecule has 5 N–H and O–H groups in total. The molecule has 0 atom stereocenters. The van der Waals surface area contributed by atoms with E-state index in [9.17, 15) is 22.4 Å². The number of H-pyrrole nitrogens is 1. The number of carboxylic acids is 1. The van der Waals surface area contributed by atoms with Crippen molar-refractivity contribution in [2.45, 2.75) is 24.9 Å². The van der Waals surface area contributed by atoms with E-state index in [1.165, 1.54) is 17.8 Å². The molecule has 32 heavy (non-hydrogen) atoms. The number of aliphatic carboxylic acids is 1. The number of amides is 1. The molecule has 1 aromatic heterocycles. The largest absolute Gasteiger partial charge is 0.490 e. The number of aromatic nitrogens is 1. The first kappa shape index (κ1) is 23.6. The number of carbonyl (C=O) groups excluding carboxylic acids is 1. The van der Waals surface area contributed by atoms with Crippen molar-refractivity contribution >= 4 is 40.1 Å². The van der Waals surface area contributed by atoms with Crippen molar-refractivity contribution in [1.29, 1.82) is 0 Å². The number of alkyl halides is 3. The molecule has 11 heteroatoms. The molecule has 2 heterocycles. The first-order chi connectivity index (χ1) is 15.0. The van der Waals surface area contributed by atoms with Crippen molar-refractivity contribution in [3.63, 3.8) is 0 Å². The van der Waals surface area contributed by atoms with Gasteiger partial charge in [0.25, 0.3) is 5.91 Å². The number of benzene rings is 2. The van der Waals surface area contributed by atoms with Crippen molar-refractivity contribution in [3.8, 4) is 11.3 Å². The van der Waals surface area contributed by atoms with Crippen LogP contribution in [-0.2, 0) is 4.79 Å². The van der Waals surface area contributed by atoms with Crippen LogP contribution in [0.1, 0.15) is 21.5 Å². The van der Waals surface area contributed by atoms with E-state index >= 15 is 0 Å². The Balaban J connectivity index is 0.000000360. The first-order valence-corrected chi connectivity index (χ1v) is 10.3. The van der Waals surface area contributed by atoms with E-state index in [0.29, 0.717) is 34.3 Å². The normalized spacial score (nSPS) is 12.5. The molecule has 6 nitrogen and oxygen atoms in total. The van der Waals surface area contributed by atoms with Gasteiger partial charge < -0.3 is 21.1 Å². The second-order valence-electron chi connectivity index (χ2n) is 7.01. The number of hydrogen-bond donors (Lipinski definition) is 4. The second kappa shape index (κ2) is 8.83.